The molecule has 1 rings (SSSR count). The van der Waals surface area contributed by atoms with Crippen LogP contribution in [0.5, 0.6) is 0 Å². The maximum Gasteiger partial charge on any atom is 0.0175 e. The molecule has 0 atom stereocenters. The average Bonchev–Trinajstić information content (AvgIpc) is 2.04. The van der Waals surface area contributed by atoms with Crippen molar-refractivity contribution in [3.8, 4) is 0 Å². The molecule has 12 heavy (non-hydrogen) atoms. The molecule has 0 spiro atoms. The van der Waals surface area contributed by atoms with Gasteiger partial charge in [0.05, 0.1) is 0 Å². The molecule has 0 amide bonds. The van der Waals surface area contributed by atoms with Crippen LogP contribution < -0.4 is 0 Å². The first-order valence-corrected chi connectivity index (χ1v) is 4.97. The summed E-state index contributed by atoms with van der Waals surface area (Å²) in [4.78, 5) is 1.07. The Balaban J connectivity index is 3.06. The van der Waals surface area contributed by atoms with Crippen LogP contribution in [-0.4, -0.2) is 0 Å². The summed E-state index contributed by atoms with van der Waals surface area (Å²) in [6, 6.07) is 8.24. The highest BCUT2D eigenvalue weighted by Crippen LogP contribution is 2.21. The molecule has 0 saturated heterocycles. The highest BCUT2D eigenvalue weighted by Gasteiger charge is 1.96. The van der Waals surface area contributed by atoms with Crippen LogP contribution in [0.2, 0.25) is 0 Å². The predicted octanol–water partition coefficient (Wildman–Crippen LogP) is 4.13. The second-order valence-electron chi connectivity index (χ2n) is 2.72. The summed E-state index contributed by atoms with van der Waals surface area (Å²) in [6.45, 7) is 4.08. The predicted molar refractivity (Wildman–Crippen MR) is 61.4 cm³/mol. The van der Waals surface area contributed by atoms with E-state index in [-0.39, 0.29) is 0 Å². The van der Waals surface area contributed by atoms with E-state index in [9.17, 15) is 0 Å². The molecule has 0 nitrogen and oxygen atoms in total. The van der Waals surface area contributed by atoms with E-state index in [2.05, 4.69) is 47.6 Å². The fourth-order valence-corrected chi connectivity index (χ4v) is 1.30. The van der Waals surface area contributed by atoms with Gasteiger partial charge in [0.15, 0.2) is 0 Å². The van der Waals surface area contributed by atoms with Crippen molar-refractivity contribution in [1.29, 1.82) is 0 Å². The van der Waals surface area contributed by atoms with Crippen LogP contribution in [0.3, 0.4) is 0 Å². The lowest BCUT2D eigenvalue weighted by Gasteiger charge is -2.02. The summed E-state index contributed by atoms with van der Waals surface area (Å²) in [6.07, 6.45) is 0. The van der Waals surface area contributed by atoms with Crippen molar-refractivity contribution in [3.05, 3.63) is 39.2 Å². The van der Waals surface area contributed by atoms with E-state index in [4.69, 9.17) is 0 Å². The lowest BCUT2D eigenvalue weighted by Crippen LogP contribution is -1.79. The van der Waals surface area contributed by atoms with Gasteiger partial charge in [-0.05, 0) is 42.0 Å². The van der Waals surface area contributed by atoms with Gasteiger partial charge in [0.2, 0.25) is 0 Å². The van der Waals surface area contributed by atoms with E-state index in [1.54, 1.807) is 0 Å². The fourth-order valence-electron chi connectivity index (χ4n) is 0.909. The monoisotopic (exact) mass is 242 g/mol. The van der Waals surface area contributed by atoms with Crippen molar-refractivity contribution in [2.75, 3.05) is 0 Å². The van der Waals surface area contributed by atoms with E-state index in [1.807, 2.05) is 19.1 Å². The van der Waals surface area contributed by atoms with Gasteiger partial charge in [0.25, 0.3) is 0 Å². The van der Waals surface area contributed by atoms with E-state index < -0.39 is 0 Å². The van der Waals surface area contributed by atoms with Gasteiger partial charge in [-0.25, -0.2) is 0 Å². The lowest BCUT2D eigenvalue weighted by atomic mass is 10.1. The minimum absolute atomic E-state index is 1.07. The standard InChI is InChI=1S/C10H11BrS/c1-7(8(2)12)9-3-5-10(11)6-4-9/h3-6,12H,1-2H3/b8-7+. The number of benzene rings is 1. The summed E-state index contributed by atoms with van der Waals surface area (Å²) in [5.74, 6) is 0. The average molecular weight is 243 g/mol. The van der Waals surface area contributed by atoms with Crippen LogP contribution in [0.25, 0.3) is 5.57 Å². The molecule has 0 fully saturated rings. The van der Waals surface area contributed by atoms with E-state index in [1.165, 1.54) is 11.1 Å². The Hall–Kier alpha value is -0.210. The maximum absolute atomic E-state index is 4.30. The molecule has 0 radical (unpaired) electrons. The van der Waals surface area contributed by atoms with Gasteiger partial charge < -0.3 is 0 Å². The number of rotatable bonds is 1. The highest BCUT2D eigenvalue weighted by molar-refractivity contribution is 9.10. The molecule has 0 aliphatic rings. The zero-order chi connectivity index (χ0) is 9.14. The largest absolute Gasteiger partial charge is 0.148 e. The summed E-state index contributed by atoms with van der Waals surface area (Å²) >= 11 is 7.69. The second-order valence-corrected chi connectivity index (χ2v) is 4.30. The molecule has 0 aliphatic carbocycles. The van der Waals surface area contributed by atoms with Crippen molar-refractivity contribution in [2.45, 2.75) is 13.8 Å². The Kier molecular flexibility index (Phi) is 3.41. The molecule has 0 bridgehead atoms. The van der Waals surface area contributed by atoms with Crippen LogP contribution >= 0.6 is 28.6 Å². The molecule has 2 heteroatoms. The summed E-state index contributed by atoms with van der Waals surface area (Å²) in [5.41, 5.74) is 2.46. The zero-order valence-corrected chi connectivity index (χ0v) is 9.62. The molecule has 0 heterocycles. The topological polar surface area (TPSA) is 0 Å². The summed E-state index contributed by atoms with van der Waals surface area (Å²) in [5, 5.41) is 0. The minimum Gasteiger partial charge on any atom is -0.148 e. The van der Waals surface area contributed by atoms with Gasteiger partial charge in [0, 0.05) is 4.47 Å². The number of hydrogen-bond acceptors (Lipinski definition) is 1. The normalized spacial score (nSPS) is 12.7. The van der Waals surface area contributed by atoms with Gasteiger partial charge in [-0.1, -0.05) is 28.1 Å². The van der Waals surface area contributed by atoms with Crippen molar-refractivity contribution in [1.82, 2.24) is 0 Å². The number of thiol groups is 1. The Morgan fingerprint density at radius 1 is 1.17 bits per heavy atom. The SMILES string of the molecule is C/C(S)=C(/C)c1ccc(Br)cc1. The third-order valence-electron chi connectivity index (χ3n) is 1.82. The van der Waals surface area contributed by atoms with Gasteiger partial charge >= 0.3 is 0 Å². The number of hydrogen-bond donors (Lipinski definition) is 1. The first-order chi connectivity index (χ1) is 5.61. The molecular formula is C10H11BrS. The third kappa shape index (κ3) is 2.39. The Labute approximate surface area is 87.2 Å². The minimum atomic E-state index is 1.07. The Morgan fingerprint density at radius 2 is 1.67 bits per heavy atom. The summed E-state index contributed by atoms with van der Waals surface area (Å²) in [7, 11) is 0. The van der Waals surface area contributed by atoms with E-state index in [0.717, 1.165) is 9.38 Å². The van der Waals surface area contributed by atoms with Crippen LogP contribution in [0.1, 0.15) is 19.4 Å². The molecule has 0 saturated carbocycles. The highest BCUT2D eigenvalue weighted by atomic mass is 79.9. The Bertz CT molecular complexity index is 294. The molecule has 0 aromatic heterocycles. The first kappa shape index (κ1) is 9.87. The molecule has 1 aromatic rings. The van der Waals surface area contributed by atoms with Gasteiger partial charge in [-0.3, -0.25) is 0 Å². The van der Waals surface area contributed by atoms with Gasteiger partial charge in [-0.2, -0.15) is 0 Å². The molecular weight excluding hydrogens is 232 g/mol. The zero-order valence-electron chi connectivity index (χ0n) is 7.13. The Morgan fingerprint density at radius 3 is 2.08 bits per heavy atom. The van der Waals surface area contributed by atoms with Crippen molar-refractivity contribution < 1.29 is 0 Å². The lowest BCUT2D eigenvalue weighted by molar-refractivity contribution is 1.51. The van der Waals surface area contributed by atoms with Gasteiger partial charge in [-0.15, -0.1) is 12.6 Å². The third-order valence-corrected chi connectivity index (χ3v) is 2.68. The van der Waals surface area contributed by atoms with Crippen LogP contribution in [0.15, 0.2) is 33.6 Å². The van der Waals surface area contributed by atoms with Crippen molar-refractivity contribution >= 4 is 34.1 Å². The van der Waals surface area contributed by atoms with Crippen molar-refractivity contribution in [2.24, 2.45) is 0 Å². The fraction of sp³-hybridized carbons (Fsp3) is 0.200. The number of halogens is 1. The maximum atomic E-state index is 4.30. The van der Waals surface area contributed by atoms with Crippen LogP contribution in [-0.2, 0) is 0 Å². The van der Waals surface area contributed by atoms with Gasteiger partial charge in [0.1, 0.15) is 0 Å². The quantitative estimate of drug-likeness (QED) is 0.704. The van der Waals surface area contributed by atoms with Crippen LogP contribution in [0, 0.1) is 0 Å². The van der Waals surface area contributed by atoms with Crippen LogP contribution in [0.4, 0.5) is 0 Å². The number of allylic oxidation sites excluding steroid dienone is 2. The smallest absolute Gasteiger partial charge is 0.0175 e. The van der Waals surface area contributed by atoms with E-state index in [0.29, 0.717) is 0 Å². The van der Waals surface area contributed by atoms with E-state index >= 15 is 0 Å². The second kappa shape index (κ2) is 4.15. The molecule has 0 N–H and O–H groups in total. The van der Waals surface area contributed by atoms with Crippen molar-refractivity contribution in [3.63, 3.8) is 0 Å². The first-order valence-electron chi connectivity index (χ1n) is 3.73. The summed E-state index contributed by atoms with van der Waals surface area (Å²) < 4.78 is 1.11. The molecule has 64 valence electrons. The molecule has 0 unspecified atom stereocenters. The molecule has 1 aromatic carbocycles. The molecule has 0 aliphatic heterocycles.